The molecule has 0 atom stereocenters. The lowest BCUT2D eigenvalue weighted by Crippen LogP contribution is -2.44. The van der Waals surface area contributed by atoms with Gasteiger partial charge in [-0.15, -0.1) is 0 Å². The van der Waals surface area contributed by atoms with Crippen LogP contribution in [-0.2, 0) is 12.6 Å². The predicted octanol–water partition coefficient (Wildman–Crippen LogP) is 6.32. The Balaban J connectivity index is 1.20. The van der Waals surface area contributed by atoms with Crippen LogP contribution >= 0.6 is 0 Å². The molecule has 1 aliphatic heterocycles. The summed E-state index contributed by atoms with van der Waals surface area (Å²) in [5.41, 5.74) is 5.96. The van der Waals surface area contributed by atoms with Gasteiger partial charge in [-0.2, -0.15) is 13.2 Å². The van der Waals surface area contributed by atoms with E-state index in [2.05, 4.69) is 67.5 Å². The summed E-state index contributed by atoms with van der Waals surface area (Å²) in [6, 6.07) is 21.3. The van der Waals surface area contributed by atoms with Gasteiger partial charge < -0.3 is 9.80 Å². The maximum atomic E-state index is 13.1. The summed E-state index contributed by atoms with van der Waals surface area (Å²) in [5.74, 6) is 6.01. The van der Waals surface area contributed by atoms with Crippen LogP contribution in [0.4, 0.5) is 18.9 Å². The first kappa shape index (κ1) is 29.1. The van der Waals surface area contributed by atoms with E-state index in [4.69, 9.17) is 0 Å². The topological polar surface area (TPSA) is 54.3 Å². The van der Waals surface area contributed by atoms with Crippen molar-refractivity contribution in [1.29, 1.82) is 0 Å². The van der Waals surface area contributed by atoms with Crippen LogP contribution < -0.4 is 4.90 Å². The number of ketones is 1. The molecule has 0 unspecified atom stereocenters. The fourth-order valence-corrected chi connectivity index (χ4v) is 5.29. The molecule has 0 spiro atoms. The molecule has 222 valence electrons. The van der Waals surface area contributed by atoms with Gasteiger partial charge in [-0.25, -0.2) is 4.98 Å². The number of piperazine rings is 1. The van der Waals surface area contributed by atoms with Gasteiger partial charge in [0.15, 0.2) is 5.78 Å². The number of rotatable bonds is 5. The quantitative estimate of drug-likeness (QED) is 0.176. The summed E-state index contributed by atoms with van der Waals surface area (Å²) < 4.78 is 41.3. The molecule has 0 aliphatic carbocycles. The van der Waals surface area contributed by atoms with E-state index in [0.29, 0.717) is 11.1 Å². The van der Waals surface area contributed by atoms with Crippen molar-refractivity contribution in [3.8, 4) is 17.5 Å². The Kier molecular flexibility index (Phi) is 7.93. The molecule has 0 radical (unpaired) electrons. The highest BCUT2D eigenvalue weighted by Gasteiger charge is 2.30. The monoisotopic (exact) mass is 593 g/mol. The summed E-state index contributed by atoms with van der Waals surface area (Å²) >= 11 is 0. The fraction of sp³-hybridized carbons (Fsp3) is 0.229. The predicted molar refractivity (Wildman–Crippen MR) is 165 cm³/mol. The highest BCUT2D eigenvalue weighted by Crippen LogP contribution is 2.29. The number of Topliss-reactive ketones (excluding diaryl/α,β-unsaturated/α-hetero) is 1. The van der Waals surface area contributed by atoms with E-state index in [1.807, 2.05) is 31.5 Å². The minimum absolute atomic E-state index is 0.0665. The van der Waals surface area contributed by atoms with Crippen molar-refractivity contribution in [3.63, 3.8) is 0 Å². The lowest BCUT2D eigenvalue weighted by molar-refractivity contribution is -0.137. The van der Waals surface area contributed by atoms with Crippen LogP contribution in [0.5, 0.6) is 0 Å². The maximum Gasteiger partial charge on any atom is 0.416 e. The van der Waals surface area contributed by atoms with Gasteiger partial charge in [-0.3, -0.25) is 14.3 Å². The van der Waals surface area contributed by atoms with Crippen LogP contribution in [0.1, 0.15) is 38.3 Å². The first-order chi connectivity index (χ1) is 21.1. The molecule has 0 N–H and O–H groups in total. The van der Waals surface area contributed by atoms with Crippen LogP contribution in [0.2, 0.25) is 0 Å². The van der Waals surface area contributed by atoms with Crippen molar-refractivity contribution >= 4 is 22.5 Å². The van der Waals surface area contributed by atoms with Gasteiger partial charge in [0.05, 0.1) is 23.0 Å². The Morgan fingerprint density at radius 3 is 2.48 bits per heavy atom. The average molecular weight is 594 g/mol. The molecule has 6 rings (SSSR count). The molecular weight excluding hydrogens is 563 g/mol. The van der Waals surface area contributed by atoms with Crippen LogP contribution in [0.25, 0.3) is 16.7 Å². The number of hydrogen-bond donors (Lipinski definition) is 0. The highest BCUT2D eigenvalue weighted by atomic mass is 19.4. The molecular formula is C35H30F3N5O. The van der Waals surface area contributed by atoms with Crippen LogP contribution in [0.3, 0.4) is 0 Å². The van der Waals surface area contributed by atoms with Gasteiger partial charge in [0, 0.05) is 66.1 Å². The Hall–Kier alpha value is -4.94. The van der Waals surface area contributed by atoms with E-state index < -0.39 is 11.7 Å². The number of carbonyl (C=O) groups is 1. The number of benzene rings is 3. The van der Waals surface area contributed by atoms with Crippen molar-refractivity contribution in [1.82, 2.24) is 19.4 Å². The van der Waals surface area contributed by atoms with E-state index >= 15 is 0 Å². The number of hydrogen-bond acceptors (Lipinski definition) is 5. The Bertz CT molecular complexity index is 1910. The molecule has 3 aromatic carbocycles. The van der Waals surface area contributed by atoms with Gasteiger partial charge >= 0.3 is 6.18 Å². The summed E-state index contributed by atoms with van der Waals surface area (Å²) in [7, 11) is 2.15. The summed E-state index contributed by atoms with van der Waals surface area (Å²) in [4.78, 5) is 26.2. The first-order valence-corrected chi connectivity index (χ1v) is 14.3. The highest BCUT2D eigenvalue weighted by molar-refractivity contribution is 5.97. The van der Waals surface area contributed by atoms with Gasteiger partial charge in [0.2, 0.25) is 0 Å². The molecule has 1 fully saturated rings. The molecule has 0 bridgehead atoms. The molecule has 5 aromatic rings. The maximum absolute atomic E-state index is 13.1. The Morgan fingerprint density at radius 2 is 1.68 bits per heavy atom. The van der Waals surface area contributed by atoms with Crippen LogP contribution in [0.15, 0.2) is 85.3 Å². The minimum atomic E-state index is -4.50. The average Bonchev–Trinajstić information content (AvgIpc) is 3.44. The summed E-state index contributed by atoms with van der Waals surface area (Å²) in [6.45, 7) is 5.97. The second-order valence-electron chi connectivity index (χ2n) is 11.0. The van der Waals surface area contributed by atoms with E-state index in [0.717, 1.165) is 72.4 Å². The number of aromatic nitrogens is 3. The number of imidazole rings is 1. The molecule has 44 heavy (non-hydrogen) atoms. The second-order valence-corrected chi connectivity index (χ2v) is 11.0. The minimum Gasteiger partial charge on any atom is -0.369 e. The Labute approximate surface area is 253 Å². The number of anilines is 1. The molecule has 1 saturated heterocycles. The third-order valence-corrected chi connectivity index (χ3v) is 7.91. The lowest BCUT2D eigenvalue weighted by atomic mass is 9.99. The number of nitrogens with zero attached hydrogens (tertiary/aromatic N) is 5. The van der Waals surface area contributed by atoms with Gasteiger partial charge in [0.1, 0.15) is 6.33 Å². The lowest BCUT2D eigenvalue weighted by Gasteiger charge is -2.34. The number of likely N-dealkylation sites (N-methyl/N-ethyl adjacent to an activating group) is 1. The van der Waals surface area contributed by atoms with E-state index in [1.54, 1.807) is 18.2 Å². The molecule has 0 saturated carbocycles. The molecule has 9 heteroatoms. The van der Waals surface area contributed by atoms with Crippen molar-refractivity contribution in [2.24, 2.45) is 0 Å². The van der Waals surface area contributed by atoms with E-state index in [-0.39, 0.29) is 17.9 Å². The van der Waals surface area contributed by atoms with Crippen LogP contribution in [0, 0.1) is 18.8 Å². The molecule has 3 heterocycles. The van der Waals surface area contributed by atoms with E-state index in [1.165, 1.54) is 5.69 Å². The van der Waals surface area contributed by atoms with E-state index in [9.17, 15) is 18.0 Å². The van der Waals surface area contributed by atoms with Crippen molar-refractivity contribution in [3.05, 3.63) is 119 Å². The second kappa shape index (κ2) is 12.0. The van der Waals surface area contributed by atoms with Crippen molar-refractivity contribution in [2.45, 2.75) is 19.5 Å². The van der Waals surface area contributed by atoms with Crippen LogP contribution in [-0.4, -0.2) is 58.4 Å². The van der Waals surface area contributed by atoms with Crippen molar-refractivity contribution < 1.29 is 18.0 Å². The zero-order valence-corrected chi connectivity index (χ0v) is 24.4. The summed E-state index contributed by atoms with van der Waals surface area (Å²) in [5, 5.41) is 0. The molecule has 6 nitrogen and oxygen atoms in total. The first-order valence-electron chi connectivity index (χ1n) is 14.3. The summed E-state index contributed by atoms with van der Waals surface area (Å²) in [6.07, 6.45) is -1.84. The number of halogens is 3. The molecule has 1 aliphatic rings. The number of carbonyl (C=O) groups excluding carboxylic acids is 1. The van der Waals surface area contributed by atoms with Gasteiger partial charge in [-0.1, -0.05) is 30.0 Å². The number of pyridine rings is 1. The molecule has 2 aromatic heterocycles. The van der Waals surface area contributed by atoms with Gasteiger partial charge in [-0.05, 0) is 74.1 Å². The third kappa shape index (κ3) is 6.36. The number of aryl methyl sites for hydroxylation is 1. The number of alkyl halides is 3. The SMILES string of the molecule is Cc1ccc(C(=O)Cc2cc(C(F)(F)F)ccn2)cc1C#Cc1ccc2c(c1)ncn2-c1cccc(N2CCN(C)CC2)c1. The third-order valence-electron chi connectivity index (χ3n) is 7.91. The zero-order chi connectivity index (χ0) is 30.8. The normalized spacial score (nSPS) is 14.0. The molecule has 0 amide bonds. The smallest absolute Gasteiger partial charge is 0.369 e. The number of fused-ring (bicyclic) bond motifs is 1. The standard InChI is InChI=1S/C35H30F3N5O/c1-24-6-9-27(34(44)21-29-20-28(12-13-39-29)35(36,37)38)19-26(24)10-7-25-8-11-33-32(18-25)40-23-43(33)31-5-3-4-30(22-31)42-16-14-41(2)15-17-42/h3-6,8-9,11-13,18-20,22-23H,14-17,21H2,1-2H3. The van der Waals surface area contributed by atoms with Gasteiger partial charge in [0.25, 0.3) is 0 Å². The van der Waals surface area contributed by atoms with Crippen molar-refractivity contribution in [2.75, 3.05) is 38.1 Å². The Morgan fingerprint density at radius 1 is 0.886 bits per heavy atom. The zero-order valence-electron chi connectivity index (χ0n) is 24.4. The largest absolute Gasteiger partial charge is 0.416 e. The fourth-order valence-electron chi connectivity index (χ4n) is 5.29.